The molecule has 0 aromatic carbocycles. The molecule has 0 saturated carbocycles. The molecule has 0 bridgehead atoms. The molecular formula is C24H40N4O7Si2. The van der Waals surface area contributed by atoms with Gasteiger partial charge in [-0.1, -0.05) is 55.4 Å². The molecule has 2 aliphatic rings. The highest BCUT2D eigenvalue weighted by atomic mass is 28.5. The van der Waals surface area contributed by atoms with Crippen LogP contribution >= 0.6 is 0 Å². The van der Waals surface area contributed by atoms with Gasteiger partial charge >= 0.3 is 22.8 Å². The number of aliphatic hydroxyl groups is 1. The number of aromatic nitrogens is 2. The third-order valence-corrected chi connectivity index (χ3v) is 17.6. The van der Waals surface area contributed by atoms with Crippen molar-refractivity contribution in [1.29, 1.82) is 5.26 Å². The summed E-state index contributed by atoms with van der Waals surface area (Å²) in [7, 11) is -6.01. The number of carbonyl (C=O) groups excluding carboxylic acids is 1. The van der Waals surface area contributed by atoms with Crippen LogP contribution in [0.3, 0.4) is 0 Å². The smallest absolute Gasteiger partial charge is 0.351 e. The molecule has 37 heavy (non-hydrogen) atoms. The number of anilines is 1. The summed E-state index contributed by atoms with van der Waals surface area (Å²) in [5, 5.41) is 24.4. The first-order valence-corrected chi connectivity index (χ1v) is 16.8. The number of nitriles is 1. The lowest BCUT2D eigenvalue weighted by atomic mass is 9.96. The molecule has 3 heterocycles. The van der Waals surface area contributed by atoms with E-state index < -0.39 is 46.8 Å². The molecule has 11 nitrogen and oxygen atoms in total. The average molecular weight is 553 g/mol. The van der Waals surface area contributed by atoms with Crippen molar-refractivity contribution < 1.29 is 27.6 Å². The summed E-state index contributed by atoms with van der Waals surface area (Å²) in [6.45, 7) is 17.9. The molecule has 1 unspecified atom stereocenters. The second-order valence-electron chi connectivity index (χ2n) is 11.2. The molecule has 2 saturated heterocycles. The summed E-state index contributed by atoms with van der Waals surface area (Å²) < 4.78 is 27.9. The predicted molar refractivity (Wildman–Crippen MR) is 141 cm³/mol. The van der Waals surface area contributed by atoms with Crippen LogP contribution in [0.15, 0.2) is 17.1 Å². The minimum atomic E-state index is -3.15. The number of rotatable bonds is 6. The van der Waals surface area contributed by atoms with Gasteiger partial charge in [-0.25, -0.2) is 4.79 Å². The summed E-state index contributed by atoms with van der Waals surface area (Å²) in [5.74, 6) is -0.326. The number of nitrogens with zero attached hydrogens (tertiary/aromatic N) is 3. The van der Waals surface area contributed by atoms with Gasteiger partial charge in [-0.2, -0.15) is 10.2 Å². The van der Waals surface area contributed by atoms with E-state index in [1.807, 2.05) is 33.8 Å². The zero-order valence-electron chi connectivity index (χ0n) is 23.1. The van der Waals surface area contributed by atoms with Gasteiger partial charge in [0.2, 0.25) is 11.5 Å². The maximum atomic E-state index is 12.9. The standard InChI is InChI=1S/C24H40N4O7Si2/c1-14(2)36(15(3)4)32-12-19-21(34-37(35-36,16(5)6)17(7)8)24(31,13-25)22(33-19)28-11-10-20(26-18(9)29)27-23(28)30/h10-11,14-17,19,21-22,31H,12H2,1-9H3,(H,26,27,29,30)/t19-,21-,22-,24?/m1/s1. The molecule has 1 amide bonds. The van der Waals surface area contributed by atoms with Crippen LogP contribution in [-0.4, -0.2) is 62.1 Å². The monoisotopic (exact) mass is 552 g/mol. The number of hydrogen-bond acceptors (Lipinski definition) is 9. The summed E-state index contributed by atoms with van der Waals surface area (Å²) >= 11 is 0. The van der Waals surface area contributed by atoms with Crippen LogP contribution in [0.5, 0.6) is 0 Å². The summed E-state index contributed by atoms with van der Waals surface area (Å²) in [5.41, 5.74) is -2.85. The molecule has 3 rings (SSSR count). The third kappa shape index (κ3) is 5.08. The van der Waals surface area contributed by atoms with Gasteiger partial charge in [0.25, 0.3) is 0 Å². The van der Waals surface area contributed by atoms with E-state index in [2.05, 4.69) is 38.0 Å². The maximum absolute atomic E-state index is 12.9. The van der Waals surface area contributed by atoms with Gasteiger partial charge < -0.3 is 28.1 Å². The topological polar surface area (TPSA) is 145 Å². The number of carbonyl (C=O) groups is 1. The fourth-order valence-corrected chi connectivity index (χ4v) is 16.6. The highest BCUT2D eigenvalue weighted by molar-refractivity contribution is 6.84. The molecular weight excluding hydrogens is 512 g/mol. The van der Waals surface area contributed by atoms with Crippen LogP contribution in [0, 0.1) is 11.3 Å². The Hall–Kier alpha value is -1.93. The highest BCUT2D eigenvalue weighted by Gasteiger charge is 2.66. The van der Waals surface area contributed by atoms with Crippen LogP contribution in [0.1, 0.15) is 68.5 Å². The fourth-order valence-electron chi connectivity index (χ4n) is 5.42. The number of ether oxygens (including phenoxy) is 1. The van der Waals surface area contributed by atoms with Gasteiger partial charge in [-0.15, -0.1) is 0 Å². The van der Waals surface area contributed by atoms with Crippen molar-refractivity contribution >= 4 is 28.8 Å². The zero-order chi connectivity index (χ0) is 27.9. The quantitative estimate of drug-likeness (QED) is 0.401. The van der Waals surface area contributed by atoms with Crippen LogP contribution in [0.2, 0.25) is 22.2 Å². The predicted octanol–water partition coefficient (Wildman–Crippen LogP) is 3.31. The molecule has 2 fully saturated rings. The largest absolute Gasteiger partial charge is 0.414 e. The SMILES string of the molecule is CC(=O)Nc1ccn([C@@H]2O[C@@H]3CO[Si](C(C)C)(C(C)C)O[Si](C(C)C)(C(C)C)O[C@H]3C2(O)C#N)c(=O)n1. The summed E-state index contributed by atoms with van der Waals surface area (Å²) in [6, 6.07) is 3.37. The molecule has 0 aliphatic carbocycles. The van der Waals surface area contributed by atoms with E-state index in [4.69, 9.17) is 17.7 Å². The fraction of sp³-hybridized carbons (Fsp3) is 0.750. The number of fused-ring (bicyclic) bond motifs is 1. The zero-order valence-corrected chi connectivity index (χ0v) is 25.1. The van der Waals surface area contributed by atoms with E-state index in [1.54, 1.807) is 0 Å². The van der Waals surface area contributed by atoms with E-state index in [-0.39, 0.29) is 40.5 Å². The van der Waals surface area contributed by atoms with Gasteiger partial charge in [0.1, 0.15) is 24.1 Å². The first-order chi connectivity index (χ1) is 17.1. The highest BCUT2D eigenvalue weighted by Crippen LogP contribution is 2.50. The molecule has 4 atom stereocenters. The van der Waals surface area contributed by atoms with E-state index in [0.717, 1.165) is 4.57 Å². The Bertz CT molecular complexity index is 1090. The first-order valence-electron chi connectivity index (χ1n) is 12.8. The lowest BCUT2D eigenvalue weighted by Gasteiger charge is -2.51. The second-order valence-corrected chi connectivity index (χ2v) is 20.0. The van der Waals surface area contributed by atoms with Crippen molar-refractivity contribution in [2.24, 2.45) is 0 Å². The summed E-state index contributed by atoms with van der Waals surface area (Å²) in [4.78, 5) is 28.1. The molecule has 1 aromatic rings. The maximum Gasteiger partial charge on any atom is 0.351 e. The Morgan fingerprint density at radius 1 is 1.16 bits per heavy atom. The van der Waals surface area contributed by atoms with Gasteiger partial charge in [0, 0.05) is 13.1 Å². The molecule has 206 valence electrons. The molecule has 13 heteroatoms. The van der Waals surface area contributed by atoms with Crippen LogP contribution in [-0.2, 0) is 22.5 Å². The number of amides is 1. The third-order valence-electron chi connectivity index (χ3n) is 7.34. The van der Waals surface area contributed by atoms with Gasteiger partial charge in [0.05, 0.1) is 6.61 Å². The van der Waals surface area contributed by atoms with Crippen molar-refractivity contribution in [2.75, 3.05) is 11.9 Å². The van der Waals surface area contributed by atoms with E-state index in [1.165, 1.54) is 19.2 Å². The van der Waals surface area contributed by atoms with Gasteiger partial charge in [-0.05, 0) is 28.2 Å². The lowest BCUT2D eigenvalue weighted by molar-refractivity contribution is -0.114. The van der Waals surface area contributed by atoms with E-state index in [0.29, 0.717) is 0 Å². The average Bonchev–Trinajstić information content (AvgIpc) is 3.04. The van der Waals surface area contributed by atoms with Crippen LogP contribution in [0.4, 0.5) is 5.82 Å². The van der Waals surface area contributed by atoms with Gasteiger partial charge in [-0.3, -0.25) is 9.36 Å². The number of hydrogen-bond donors (Lipinski definition) is 2. The lowest BCUT2D eigenvalue weighted by Crippen LogP contribution is -2.67. The Morgan fingerprint density at radius 3 is 2.19 bits per heavy atom. The Labute approximate surface area is 220 Å². The number of nitrogens with one attached hydrogen (secondary N) is 1. The molecule has 2 aliphatic heterocycles. The molecule has 0 spiro atoms. The van der Waals surface area contributed by atoms with Crippen LogP contribution in [0.25, 0.3) is 0 Å². The molecule has 1 aromatic heterocycles. The molecule has 0 radical (unpaired) electrons. The van der Waals surface area contributed by atoms with Crippen molar-refractivity contribution in [3.63, 3.8) is 0 Å². The Morgan fingerprint density at radius 2 is 1.73 bits per heavy atom. The Kier molecular flexibility index (Phi) is 8.55. The summed E-state index contributed by atoms with van der Waals surface area (Å²) in [6.07, 6.45) is -2.01. The minimum Gasteiger partial charge on any atom is -0.414 e. The van der Waals surface area contributed by atoms with Crippen molar-refractivity contribution in [1.82, 2.24) is 9.55 Å². The van der Waals surface area contributed by atoms with E-state index >= 15 is 0 Å². The second kappa shape index (κ2) is 10.7. The van der Waals surface area contributed by atoms with Gasteiger partial charge in [0.15, 0.2) is 6.23 Å². The van der Waals surface area contributed by atoms with Crippen molar-refractivity contribution in [3.05, 3.63) is 22.7 Å². The Balaban J connectivity index is 2.14. The van der Waals surface area contributed by atoms with Crippen LogP contribution < -0.4 is 11.0 Å². The molecule has 2 N–H and O–H groups in total. The first kappa shape index (κ1) is 29.6. The normalized spacial score (nSPS) is 29.2. The minimum absolute atomic E-state index is 0.0254. The van der Waals surface area contributed by atoms with Crippen molar-refractivity contribution in [2.45, 2.75) is 109 Å². The van der Waals surface area contributed by atoms with E-state index in [9.17, 15) is 20.0 Å². The van der Waals surface area contributed by atoms with Crippen molar-refractivity contribution in [3.8, 4) is 6.07 Å².